The van der Waals surface area contributed by atoms with Crippen molar-refractivity contribution < 1.29 is 22.4 Å². The number of benzene rings is 1. The minimum Gasteiger partial charge on any atom is -0.329 e. The van der Waals surface area contributed by atoms with Gasteiger partial charge in [0.25, 0.3) is 5.91 Å². The van der Waals surface area contributed by atoms with E-state index in [2.05, 4.69) is 15.9 Å². The van der Waals surface area contributed by atoms with Crippen molar-refractivity contribution in [3.8, 4) is 0 Å². The van der Waals surface area contributed by atoms with Gasteiger partial charge in [-0.15, -0.1) is 0 Å². The smallest absolute Gasteiger partial charge is 0.329 e. The van der Waals surface area contributed by atoms with Crippen LogP contribution in [0.3, 0.4) is 0 Å². The lowest BCUT2D eigenvalue weighted by atomic mass is 9.95. The molecule has 1 aromatic rings. The van der Waals surface area contributed by atoms with Crippen LogP contribution in [-0.2, 0) is 0 Å². The predicted molar refractivity (Wildman–Crippen MR) is 75.5 cm³/mol. The average molecular weight is 370 g/mol. The number of hydrogen-bond acceptors (Lipinski definition) is 1. The lowest BCUT2D eigenvalue weighted by Gasteiger charge is -2.30. The molecule has 0 saturated carbocycles. The van der Waals surface area contributed by atoms with Crippen molar-refractivity contribution in [2.45, 2.75) is 26.9 Å². The number of amides is 1. The molecule has 0 aromatic heterocycles. The number of carbonyl (C=O) groups excluding carboxylic acids is 1. The van der Waals surface area contributed by atoms with E-state index in [0.29, 0.717) is 9.37 Å². The molecule has 0 aliphatic rings. The molecule has 0 atom stereocenters. The van der Waals surface area contributed by atoms with Gasteiger partial charge in [-0.05, 0) is 23.6 Å². The summed E-state index contributed by atoms with van der Waals surface area (Å²) in [5.74, 6) is -1.53. The minimum atomic E-state index is -4.51. The predicted octanol–water partition coefficient (Wildman–Crippen LogP) is 4.64. The molecule has 0 bridgehead atoms. The van der Waals surface area contributed by atoms with Gasteiger partial charge in [0.1, 0.15) is 12.4 Å². The molecule has 0 N–H and O–H groups in total. The summed E-state index contributed by atoms with van der Waals surface area (Å²) in [6.45, 7) is 3.73. The molecular formula is C14H16BrF4NO. The van der Waals surface area contributed by atoms with Crippen molar-refractivity contribution in [3.63, 3.8) is 0 Å². The molecule has 21 heavy (non-hydrogen) atoms. The highest BCUT2D eigenvalue weighted by Crippen LogP contribution is 2.24. The Morgan fingerprint density at radius 3 is 2.14 bits per heavy atom. The Morgan fingerprint density at radius 2 is 1.71 bits per heavy atom. The van der Waals surface area contributed by atoms with Crippen molar-refractivity contribution in [3.05, 3.63) is 34.1 Å². The summed E-state index contributed by atoms with van der Waals surface area (Å²) in [5, 5.41) is 0. The van der Waals surface area contributed by atoms with Gasteiger partial charge in [0.05, 0.1) is 0 Å². The fraction of sp³-hybridized carbons (Fsp3) is 0.500. The van der Waals surface area contributed by atoms with Crippen LogP contribution in [0, 0.1) is 11.2 Å². The van der Waals surface area contributed by atoms with Gasteiger partial charge in [-0.25, -0.2) is 4.39 Å². The van der Waals surface area contributed by atoms with Gasteiger partial charge < -0.3 is 4.90 Å². The summed E-state index contributed by atoms with van der Waals surface area (Å²) in [7, 11) is 0. The maximum Gasteiger partial charge on any atom is 0.406 e. The van der Waals surface area contributed by atoms with Crippen LogP contribution in [0.2, 0.25) is 0 Å². The molecule has 7 heteroatoms. The second kappa shape index (κ2) is 6.34. The summed E-state index contributed by atoms with van der Waals surface area (Å²) >= 11 is 3.02. The molecular weight excluding hydrogens is 354 g/mol. The number of alkyl halides is 3. The Balaban J connectivity index is 3.09. The lowest BCUT2D eigenvalue weighted by Crippen LogP contribution is -2.43. The summed E-state index contributed by atoms with van der Waals surface area (Å²) in [6, 6.07) is 3.37. The van der Waals surface area contributed by atoms with Crippen LogP contribution in [0.4, 0.5) is 17.6 Å². The summed E-state index contributed by atoms with van der Waals surface area (Å²) in [5.41, 5.74) is -0.624. The van der Waals surface area contributed by atoms with Crippen molar-refractivity contribution in [2.24, 2.45) is 5.41 Å². The van der Waals surface area contributed by atoms with Gasteiger partial charge in [0.2, 0.25) is 0 Å². The maximum absolute atomic E-state index is 13.3. The summed E-state index contributed by atoms with van der Waals surface area (Å²) < 4.78 is 51.5. The van der Waals surface area contributed by atoms with Crippen molar-refractivity contribution >= 4 is 21.8 Å². The van der Waals surface area contributed by atoms with Gasteiger partial charge >= 0.3 is 6.18 Å². The third-order valence-electron chi connectivity index (χ3n) is 2.43. The van der Waals surface area contributed by atoms with E-state index in [-0.39, 0.29) is 12.1 Å². The summed E-state index contributed by atoms with van der Waals surface area (Å²) in [6.07, 6.45) is -4.51. The van der Waals surface area contributed by atoms with Crippen LogP contribution in [0.15, 0.2) is 22.7 Å². The van der Waals surface area contributed by atoms with Crippen molar-refractivity contribution in [2.75, 3.05) is 13.1 Å². The Labute approximate surface area is 129 Å². The molecule has 118 valence electrons. The van der Waals surface area contributed by atoms with E-state index in [1.165, 1.54) is 6.07 Å². The highest BCUT2D eigenvalue weighted by atomic mass is 79.9. The lowest BCUT2D eigenvalue weighted by molar-refractivity contribution is -0.142. The normalized spacial score (nSPS) is 12.4. The first-order chi connectivity index (χ1) is 9.37. The second-order valence-electron chi connectivity index (χ2n) is 6.00. The molecule has 0 aliphatic heterocycles. The molecule has 0 saturated heterocycles. The van der Waals surface area contributed by atoms with Crippen molar-refractivity contribution in [1.82, 2.24) is 4.90 Å². The van der Waals surface area contributed by atoms with Gasteiger partial charge in [-0.1, -0.05) is 36.7 Å². The van der Waals surface area contributed by atoms with E-state index in [4.69, 9.17) is 0 Å². The number of halogens is 5. The number of hydrogen-bond donors (Lipinski definition) is 0. The maximum atomic E-state index is 13.3. The molecule has 0 heterocycles. The van der Waals surface area contributed by atoms with E-state index >= 15 is 0 Å². The summed E-state index contributed by atoms with van der Waals surface area (Å²) in [4.78, 5) is 12.9. The van der Waals surface area contributed by atoms with Crippen LogP contribution < -0.4 is 0 Å². The topological polar surface area (TPSA) is 20.3 Å². The molecule has 1 amide bonds. The standard InChI is InChI=1S/C14H16BrF4NO/c1-13(2,3)7-20(8-14(17,18)19)12(21)9-4-10(15)6-11(16)5-9/h4-6H,7-8H2,1-3H3. The zero-order valence-corrected chi connectivity index (χ0v) is 13.5. The van der Waals surface area contributed by atoms with Gasteiger partial charge in [-0.2, -0.15) is 13.2 Å². The van der Waals surface area contributed by atoms with E-state index < -0.39 is 29.9 Å². The Morgan fingerprint density at radius 1 is 1.14 bits per heavy atom. The van der Waals surface area contributed by atoms with Crippen LogP contribution in [0.5, 0.6) is 0 Å². The zero-order chi connectivity index (χ0) is 16.4. The molecule has 0 spiro atoms. The Bertz CT molecular complexity index is 486. The highest BCUT2D eigenvalue weighted by molar-refractivity contribution is 9.10. The molecule has 0 unspecified atom stereocenters. The fourth-order valence-corrected chi connectivity index (χ4v) is 2.31. The quantitative estimate of drug-likeness (QED) is 0.710. The number of rotatable bonds is 3. The number of carbonyl (C=O) groups is 1. The second-order valence-corrected chi connectivity index (χ2v) is 6.91. The number of nitrogens with zero attached hydrogens (tertiary/aromatic N) is 1. The first kappa shape index (κ1) is 17.9. The van der Waals surface area contributed by atoms with E-state index in [1.54, 1.807) is 20.8 Å². The van der Waals surface area contributed by atoms with E-state index in [9.17, 15) is 22.4 Å². The first-order valence-corrected chi connectivity index (χ1v) is 6.99. The van der Waals surface area contributed by atoms with Crippen LogP contribution in [0.25, 0.3) is 0 Å². The molecule has 1 aromatic carbocycles. The average Bonchev–Trinajstić information content (AvgIpc) is 2.21. The zero-order valence-electron chi connectivity index (χ0n) is 11.9. The third-order valence-corrected chi connectivity index (χ3v) is 2.89. The molecule has 0 fully saturated rings. The Hall–Kier alpha value is -1.11. The van der Waals surface area contributed by atoms with E-state index in [1.807, 2.05) is 0 Å². The Kier molecular flexibility index (Phi) is 5.41. The largest absolute Gasteiger partial charge is 0.406 e. The third kappa shape index (κ3) is 6.46. The monoisotopic (exact) mass is 369 g/mol. The molecule has 0 aliphatic carbocycles. The first-order valence-electron chi connectivity index (χ1n) is 6.19. The van der Waals surface area contributed by atoms with Crippen LogP contribution in [-0.4, -0.2) is 30.1 Å². The van der Waals surface area contributed by atoms with Gasteiger partial charge in [0.15, 0.2) is 0 Å². The molecule has 0 radical (unpaired) electrons. The van der Waals surface area contributed by atoms with E-state index in [0.717, 1.165) is 12.1 Å². The minimum absolute atomic E-state index is 0.0839. The van der Waals surface area contributed by atoms with Crippen LogP contribution >= 0.6 is 15.9 Å². The van der Waals surface area contributed by atoms with Gasteiger partial charge in [0, 0.05) is 16.6 Å². The molecule has 2 nitrogen and oxygen atoms in total. The van der Waals surface area contributed by atoms with Crippen molar-refractivity contribution in [1.29, 1.82) is 0 Å². The highest BCUT2D eigenvalue weighted by Gasteiger charge is 2.35. The SMILES string of the molecule is CC(C)(C)CN(CC(F)(F)F)C(=O)c1cc(F)cc(Br)c1. The van der Waals surface area contributed by atoms with Gasteiger partial charge in [-0.3, -0.25) is 4.79 Å². The fourth-order valence-electron chi connectivity index (χ4n) is 1.85. The van der Waals surface area contributed by atoms with Crippen LogP contribution in [0.1, 0.15) is 31.1 Å². The molecule has 1 rings (SSSR count).